The lowest BCUT2D eigenvalue weighted by molar-refractivity contribution is -0.232. The van der Waals surface area contributed by atoms with Gasteiger partial charge in [0.2, 0.25) is 0 Å². The Bertz CT molecular complexity index is 530. The highest BCUT2D eigenvalue weighted by molar-refractivity contribution is 5.66. The standard InChI is InChI=1S/C15H18F3NO2/c1-21-13-7-3-5-11-10(4-2-6-12(11)13)8-14(20,9-19)15(16,17)18/h3,5,7,9-10,19-20H,2,4,6,8H2,1H3. The molecule has 116 valence electrons. The van der Waals surface area contributed by atoms with Crippen LogP contribution in [0.3, 0.4) is 0 Å². The normalized spacial score (nSPS) is 21.3. The maximum absolute atomic E-state index is 13.0. The van der Waals surface area contributed by atoms with Crippen molar-refractivity contribution < 1.29 is 23.0 Å². The van der Waals surface area contributed by atoms with Crippen LogP contribution >= 0.6 is 0 Å². The maximum Gasteiger partial charge on any atom is 0.422 e. The molecule has 0 aliphatic heterocycles. The van der Waals surface area contributed by atoms with Crippen molar-refractivity contribution in [2.45, 2.75) is 43.4 Å². The van der Waals surface area contributed by atoms with Gasteiger partial charge in [0.1, 0.15) is 5.75 Å². The minimum atomic E-state index is -4.84. The van der Waals surface area contributed by atoms with Gasteiger partial charge >= 0.3 is 6.18 Å². The van der Waals surface area contributed by atoms with Crippen LogP contribution in [0, 0.1) is 5.41 Å². The van der Waals surface area contributed by atoms with Crippen molar-refractivity contribution in [2.75, 3.05) is 7.11 Å². The van der Waals surface area contributed by atoms with Crippen molar-refractivity contribution in [3.8, 4) is 5.75 Å². The number of rotatable bonds is 4. The smallest absolute Gasteiger partial charge is 0.422 e. The first-order chi connectivity index (χ1) is 9.82. The molecule has 2 rings (SSSR count). The van der Waals surface area contributed by atoms with Crippen molar-refractivity contribution in [3.63, 3.8) is 0 Å². The van der Waals surface area contributed by atoms with E-state index >= 15 is 0 Å². The minimum Gasteiger partial charge on any atom is -0.496 e. The van der Waals surface area contributed by atoms with Crippen molar-refractivity contribution in [1.82, 2.24) is 0 Å². The number of methoxy groups -OCH3 is 1. The van der Waals surface area contributed by atoms with Crippen LogP contribution in [0.2, 0.25) is 0 Å². The second kappa shape index (κ2) is 5.67. The number of halogens is 3. The summed E-state index contributed by atoms with van der Waals surface area (Å²) in [5.41, 5.74) is -1.38. The summed E-state index contributed by atoms with van der Waals surface area (Å²) >= 11 is 0. The predicted molar refractivity (Wildman–Crippen MR) is 73.1 cm³/mol. The van der Waals surface area contributed by atoms with E-state index in [1.807, 2.05) is 0 Å². The van der Waals surface area contributed by atoms with Gasteiger partial charge in [-0.2, -0.15) is 13.2 Å². The van der Waals surface area contributed by atoms with E-state index < -0.39 is 24.1 Å². The van der Waals surface area contributed by atoms with Gasteiger partial charge in [-0.05, 0) is 48.8 Å². The van der Waals surface area contributed by atoms with Crippen LogP contribution in [0.1, 0.15) is 36.3 Å². The molecule has 21 heavy (non-hydrogen) atoms. The highest BCUT2D eigenvalue weighted by Crippen LogP contribution is 2.43. The first-order valence-electron chi connectivity index (χ1n) is 6.79. The van der Waals surface area contributed by atoms with Gasteiger partial charge in [0.25, 0.3) is 0 Å². The molecule has 0 fully saturated rings. The molecule has 0 amide bonds. The fraction of sp³-hybridized carbons (Fsp3) is 0.533. The van der Waals surface area contributed by atoms with Gasteiger partial charge in [-0.25, -0.2) is 0 Å². The molecule has 2 N–H and O–H groups in total. The third-order valence-electron chi connectivity index (χ3n) is 4.10. The average Bonchev–Trinajstić information content (AvgIpc) is 2.45. The Balaban J connectivity index is 2.35. The number of ether oxygens (including phenoxy) is 1. The van der Waals surface area contributed by atoms with Crippen LogP contribution in [0.25, 0.3) is 0 Å². The average molecular weight is 301 g/mol. The number of aliphatic hydroxyl groups is 1. The molecule has 1 aromatic carbocycles. The summed E-state index contributed by atoms with van der Waals surface area (Å²) in [4.78, 5) is 0. The molecule has 2 atom stereocenters. The quantitative estimate of drug-likeness (QED) is 0.837. The molecule has 1 aliphatic rings. The molecular weight excluding hydrogens is 283 g/mol. The summed E-state index contributed by atoms with van der Waals surface area (Å²) in [7, 11) is 1.53. The summed E-state index contributed by atoms with van der Waals surface area (Å²) < 4.78 is 44.1. The van der Waals surface area contributed by atoms with E-state index in [9.17, 15) is 18.3 Å². The fourth-order valence-electron chi connectivity index (χ4n) is 2.95. The van der Waals surface area contributed by atoms with Gasteiger partial charge in [0, 0.05) is 6.21 Å². The topological polar surface area (TPSA) is 53.3 Å². The van der Waals surface area contributed by atoms with E-state index in [0.717, 1.165) is 24.0 Å². The summed E-state index contributed by atoms with van der Waals surface area (Å²) in [6.45, 7) is 0. The zero-order valence-corrected chi connectivity index (χ0v) is 11.7. The van der Waals surface area contributed by atoms with Gasteiger partial charge in [0.15, 0.2) is 5.60 Å². The van der Waals surface area contributed by atoms with Crippen LogP contribution in [-0.4, -0.2) is 30.2 Å². The van der Waals surface area contributed by atoms with E-state index in [0.29, 0.717) is 12.2 Å². The molecular formula is C15H18F3NO2. The molecule has 2 unspecified atom stereocenters. The zero-order valence-electron chi connectivity index (χ0n) is 11.7. The zero-order chi connectivity index (χ0) is 15.7. The van der Waals surface area contributed by atoms with Crippen LogP contribution in [0.5, 0.6) is 5.75 Å². The Morgan fingerprint density at radius 1 is 1.43 bits per heavy atom. The number of hydrogen-bond donors (Lipinski definition) is 2. The van der Waals surface area contributed by atoms with Crippen LogP contribution in [-0.2, 0) is 6.42 Å². The first-order valence-corrected chi connectivity index (χ1v) is 6.79. The maximum atomic E-state index is 13.0. The van der Waals surface area contributed by atoms with Gasteiger partial charge < -0.3 is 15.3 Å². The molecule has 0 saturated heterocycles. The SMILES string of the molecule is COc1cccc2c1CCCC2CC(O)(C=N)C(F)(F)F. The van der Waals surface area contributed by atoms with Crippen LogP contribution in [0.4, 0.5) is 13.2 Å². The van der Waals surface area contributed by atoms with Gasteiger partial charge in [-0.3, -0.25) is 0 Å². The first kappa shape index (κ1) is 15.8. The fourth-order valence-corrected chi connectivity index (χ4v) is 2.95. The van der Waals surface area contributed by atoms with Crippen molar-refractivity contribution in [2.24, 2.45) is 0 Å². The number of alkyl halides is 3. The molecule has 0 heterocycles. The Morgan fingerprint density at radius 2 is 2.14 bits per heavy atom. The van der Waals surface area contributed by atoms with E-state index in [1.54, 1.807) is 18.2 Å². The lowest BCUT2D eigenvalue weighted by Gasteiger charge is -2.33. The third-order valence-corrected chi connectivity index (χ3v) is 4.10. The van der Waals surface area contributed by atoms with Gasteiger partial charge in [0.05, 0.1) is 7.11 Å². The second-order valence-corrected chi connectivity index (χ2v) is 5.39. The second-order valence-electron chi connectivity index (χ2n) is 5.39. The molecule has 0 aromatic heterocycles. The number of fused-ring (bicyclic) bond motifs is 1. The summed E-state index contributed by atoms with van der Waals surface area (Å²) in [5, 5.41) is 16.7. The number of nitrogens with one attached hydrogen (secondary N) is 1. The van der Waals surface area contributed by atoms with Crippen LogP contribution in [0.15, 0.2) is 18.2 Å². The molecule has 0 spiro atoms. The largest absolute Gasteiger partial charge is 0.496 e. The van der Waals surface area contributed by atoms with Crippen LogP contribution < -0.4 is 4.74 Å². The summed E-state index contributed by atoms with van der Waals surface area (Å²) in [6, 6.07) is 5.31. The molecule has 6 heteroatoms. The summed E-state index contributed by atoms with van der Waals surface area (Å²) in [6.07, 6.45) is -3.21. The molecule has 0 bridgehead atoms. The molecule has 1 aliphatic carbocycles. The lowest BCUT2D eigenvalue weighted by Crippen LogP contribution is -2.47. The van der Waals surface area contributed by atoms with E-state index in [1.165, 1.54) is 7.11 Å². The van der Waals surface area contributed by atoms with Crippen molar-refractivity contribution >= 4 is 6.21 Å². The third kappa shape index (κ3) is 2.90. The lowest BCUT2D eigenvalue weighted by atomic mass is 9.76. The number of benzene rings is 1. The summed E-state index contributed by atoms with van der Waals surface area (Å²) in [5.74, 6) is 0.236. The van der Waals surface area contributed by atoms with Gasteiger partial charge in [-0.15, -0.1) is 0 Å². The van der Waals surface area contributed by atoms with E-state index in [4.69, 9.17) is 10.1 Å². The Labute approximate surface area is 121 Å². The molecule has 1 aromatic rings. The predicted octanol–water partition coefficient (Wildman–Crippen LogP) is 3.45. The Kier molecular flexibility index (Phi) is 4.27. The minimum absolute atomic E-state index is 0.0987. The monoisotopic (exact) mass is 301 g/mol. The molecule has 0 saturated carbocycles. The van der Waals surface area contributed by atoms with E-state index in [2.05, 4.69) is 0 Å². The number of hydrogen-bond acceptors (Lipinski definition) is 3. The van der Waals surface area contributed by atoms with Gasteiger partial charge in [-0.1, -0.05) is 12.1 Å². The van der Waals surface area contributed by atoms with Crippen molar-refractivity contribution in [1.29, 1.82) is 5.41 Å². The molecule has 0 radical (unpaired) electrons. The Morgan fingerprint density at radius 3 is 2.71 bits per heavy atom. The molecule has 3 nitrogen and oxygen atoms in total. The van der Waals surface area contributed by atoms with Crippen molar-refractivity contribution in [3.05, 3.63) is 29.3 Å². The highest BCUT2D eigenvalue weighted by atomic mass is 19.4. The van der Waals surface area contributed by atoms with E-state index in [-0.39, 0.29) is 6.21 Å². The highest BCUT2D eigenvalue weighted by Gasteiger charge is 2.53. The Hall–Kier alpha value is -1.56.